The molecule has 35 heavy (non-hydrogen) atoms. The van der Waals surface area contributed by atoms with Gasteiger partial charge in [-0.15, -0.1) is 0 Å². The standard InChI is InChI=1S/C31H56O4/c1-3-5-7-9-11-13-15-17-19-21-26-34-30(32)28-24-23-25-29(28)31(33)35-27-22-20-18-16-14-12-10-8-6-4-2/h23-24,28-29H,3-22,25-27H2,1-2H3. The smallest absolute Gasteiger partial charge is 0.313 e. The lowest BCUT2D eigenvalue weighted by Crippen LogP contribution is -2.29. The Balaban J connectivity index is 2.02. The van der Waals surface area contributed by atoms with Crippen molar-refractivity contribution in [2.45, 2.75) is 149 Å². The highest BCUT2D eigenvalue weighted by Crippen LogP contribution is 2.28. The molecular formula is C31H56O4. The van der Waals surface area contributed by atoms with Crippen LogP contribution in [-0.2, 0) is 19.1 Å². The molecule has 0 spiro atoms. The molecule has 0 saturated carbocycles. The van der Waals surface area contributed by atoms with Gasteiger partial charge in [0, 0.05) is 0 Å². The van der Waals surface area contributed by atoms with Crippen LogP contribution in [0.1, 0.15) is 149 Å². The number of hydrogen-bond acceptors (Lipinski definition) is 4. The summed E-state index contributed by atoms with van der Waals surface area (Å²) in [6, 6.07) is 0. The van der Waals surface area contributed by atoms with Gasteiger partial charge in [-0.05, 0) is 19.3 Å². The fourth-order valence-corrected chi connectivity index (χ4v) is 4.87. The number of carbonyl (C=O) groups is 2. The number of rotatable bonds is 24. The Hall–Kier alpha value is -1.32. The highest BCUT2D eigenvalue weighted by atomic mass is 16.5. The van der Waals surface area contributed by atoms with Crippen LogP contribution in [0.3, 0.4) is 0 Å². The number of allylic oxidation sites excluding steroid dienone is 1. The van der Waals surface area contributed by atoms with Crippen LogP contribution >= 0.6 is 0 Å². The number of hydrogen-bond donors (Lipinski definition) is 0. The number of esters is 2. The Morgan fingerprint density at radius 2 is 0.943 bits per heavy atom. The van der Waals surface area contributed by atoms with Crippen molar-refractivity contribution in [1.82, 2.24) is 0 Å². The number of carbonyl (C=O) groups excluding carboxylic acids is 2. The SMILES string of the molecule is CCCCCCCCCCCCOC(=O)C1C=CCC1C(=O)OCCCCCCCCCCCC. The van der Waals surface area contributed by atoms with E-state index in [-0.39, 0.29) is 11.9 Å². The topological polar surface area (TPSA) is 52.6 Å². The minimum atomic E-state index is -0.474. The van der Waals surface area contributed by atoms with Crippen LogP contribution in [0, 0.1) is 11.8 Å². The minimum absolute atomic E-state index is 0.244. The summed E-state index contributed by atoms with van der Waals surface area (Å²) in [7, 11) is 0. The van der Waals surface area contributed by atoms with E-state index < -0.39 is 11.8 Å². The molecule has 0 aliphatic heterocycles. The molecule has 0 N–H and O–H groups in total. The van der Waals surface area contributed by atoms with Crippen molar-refractivity contribution in [1.29, 1.82) is 0 Å². The molecule has 0 bridgehead atoms. The van der Waals surface area contributed by atoms with E-state index >= 15 is 0 Å². The Kier molecular flexibility index (Phi) is 20.9. The van der Waals surface area contributed by atoms with Gasteiger partial charge in [-0.3, -0.25) is 9.59 Å². The molecule has 4 nitrogen and oxygen atoms in total. The molecule has 0 radical (unpaired) electrons. The second-order valence-corrected chi connectivity index (χ2v) is 10.5. The quantitative estimate of drug-likeness (QED) is 0.0765. The molecule has 0 fully saturated rings. The average Bonchev–Trinajstić information content (AvgIpc) is 3.36. The molecule has 1 rings (SSSR count). The van der Waals surface area contributed by atoms with E-state index in [1.165, 1.54) is 103 Å². The van der Waals surface area contributed by atoms with E-state index in [9.17, 15) is 9.59 Å². The molecular weight excluding hydrogens is 436 g/mol. The first kappa shape index (κ1) is 31.7. The molecule has 0 amide bonds. The lowest BCUT2D eigenvalue weighted by atomic mass is 9.96. The second-order valence-electron chi connectivity index (χ2n) is 10.5. The van der Waals surface area contributed by atoms with Crippen LogP contribution in [0.4, 0.5) is 0 Å². The maximum absolute atomic E-state index is 12.5. The van der Waals surface area contributed by atoms with Crippen LogP contribution in [0.5, 0.6) is 0 Å². The molecule has 2 atom stereocenters. The Bertz CT molecular complexity index is 542. The van der Waals surface area contributed by atoms with Crippen molar-refractivity contribution in [3.8, 4) is 0 Å². The Morgan fingerprint density at radius 3 is 1.37 bits per heavy atom. The summed E-state index contributed by atoms with van der Waals surface area (Å²) in [5, 5.41) is 0. The Labute approximate surface area is 217 Å². The zero-order valence-electron chi connectivity index (χ0n) is 23.2. The van der Waals surface area contributed by atoms with E-state index in [1.54, 1.807) is 0 Å². The molecule has 4 heteroatoms. The van der Waals surface area contributed by atoms with Crippen LogP contribution in [0.15, 0.2) is 12.2 Å². The first-order chi connectivity index (χ1) is 17.2. The van der Waals surface area contributed by atoms with Gasteiger partial charge in [0.05, 0.1) is 25.0 Å². The van der Waals surface area contributed by atoms with Crippen molar-refractivity contribution in [3.05, 3.63) is 12.2 Å². The monoisotopic (exact) mass is 492 g/mol. The lowest BCUT2D eigenvalue weighted by Gasteiger charge is -2.17. The molecule has 1 aliphatic rings. The first-order valence-corrected chi connectivity index (χ1v) is 15.2. The third-order valence-electron chi connectivity index (χ3n) is 7.23. The molecule has 0 aromatic carbocycles. The predicted octanol–water partition coefficient (Wildman–Crippen LogP) is 9.11. The van der Waals surface area contributed by atoms with Crippen LogP contribution in [0.2, 0.25) is 0 Å². The summed E-state index contributed by atoms with van der Waals surface area (Å²) in [5.74, 6) is -1.39. The zero-order valence-corrected chi connectivity index (χ0v) is 23.2. The maximum Gasteiger partial charge on any atom is 0.313 e. The van der Waals surface area contributed by atoms with Gasteiger partial charge in [-0.1, -0.05) is 142 Å². The minimum Gasteiger partial charge on any atom is -0.465 e. The van der Waals surface area contributed by atoms with E-state index in [1.807, 2.05) is 12.2 Å². The highest BCUT2D eigenvalue weighted by Gasteiger charge is 2.36. The van der Waals surface area contributed by atoms with Crippen LogP contribution < -0.4 is 0 Å². The van der Waals surface area contributed by atoms with Gasteiger partial charge >= 0.3 is 11.9 Å². The van der Waals surface area contributed by atoms with Gasteiger partial charge in [0.2, 0.25) is 0 Å². The van der Waals surface area contributed by atoms with E-state index in [0.29, 0.717) is 19.6 Å². The Morgan fingerprint density at radius 1 is 0.571 bits per heavy atom. The van der Waals surface area contributed by atoms with Gasteiger partial charge in [0.25, 0.3) is 0 Å². The second kappa shape index (κ2) is 23.1. The van der Waals surface area contributed by atoms with Crippen molar-refractivity contribution in [3.63, 3.8) is 0 Å². The average molecular weight is 493 g/mol. The molecule has 1 aliphatic carbocycles. The first-order valence-electron chi connectivity index (χ1n) is 15.2. The van der Waals surface area contributed by atoms with Crippen molar-refractivity contribution in [2.75, 3.05) is 13.2 Å². The predicted molar refractivity (Wildman–Crippen MR) is 146 cm³/mol. The van der Waals surface area contributed by atoms with Gasteiger partial charge in [-0.25, -0.2) is 0 Å². The van der Waals surface area contributed by atoms with E-state index in [0.717, 1.165) is 25.7 Å². The van der Waals surface area contributed by atoms with Gasteiger partial charge in [0.15, 0.2) is 0 Å². The summed E-state index contributed by atoms with van der Waals surface area (Å²) in [6.45, 7) is 5.43. The number of ether oxygens (including phenoxy) is 2. The summed E-state index contributed by atoms with van der Waals surface area (Å²) in [4.78, 5) is 25.0. The van der Waals surface area contributed by atoms with Crippen molar-refractivity contribution >= 4 is 11.9 Å². The largest absolute Gasteiger partial charge is 0.465 e. The molecule has 204 valence electrons. The molecule has 0 heterocycles. The normalized spacial score (nSPS) is 17.1. The fraction of sp³-hybridized carbons (Fsp3) is 0.871. The van der Waals surface area contributed by atoms with E-state index in [2.05, 4.69) is 13.8 Å². The third kappa shape index (κ3) is 16.9. The van der Waals surface area contributed by atoms with E-state index in [4.69, 9.17) is 9.47 Å². The summed E-state index contributed by atoms with van der Waals surface area (Å²) in [6.07, 6.45) is 29.5. The summed E-state index contributed by atoms with van der Waals surface area (Å²) in [5.41, 5.74) is 0. The van der Waals surface area contributed by atoms with Gasteiger partial charge < -0.3 is 9.47 Å². The van der Waals surface area contributed by atoms with Crippen molar-refractivity contribution < 1.29 is 19.1 Å². The third-order valence-corrected chi connectivity index (χ3v) is 7.23. The molecule has 0 aromatic heterocycles. The zero-order chi connectivity index (χ0) is 25.4. The summed E-state index contributed by atoms with van der Waals surface area (Å²) >= 11 is 0. The van der Waals surface area contributed by atoms with Gasteiger partial charge in [-0.2, -0.15) is 0 Å². The molecule has 0 saturated heterocycles. The molecule has 2 unspecified atom stereocenters. The number of unbranched alkanes of at least 4 members (excludes halogenated alkanes) is 18. The van der Waals surface area contributed by atoms with Gasteiger partial charge in [0.1, 0.15) is 0 Å². The summed E-state index contributed by atoms with van der Waals surface area (Å²) < 4.78 is 11.0. The van der Waals surface area contributed by atoms with Crippen LogP contribution in [-0.4, -0.2) is 25.2 Å². The van der Waals surface area contributed by atoms with Crippen molar-refractivity contribution in [2.24, 2.45) is 11.8 Å². The molecule has 0 aromatic rings. The van der Waals surface area contributed by atoms with Crippen LogP contribution in [0.25, 0.3) is 0 Å². The lowest BCUT2D eigenvalue weighted by molar-refractivity contribution is -0.158. The maximum atomic E-state index is 12.5. The highest BCUT2D eigenvalue weighted by molar-refractivity contribution is 5.84. The fourth-order valence-electron chi connectivity index (χ4n) is 4.87.